The van der Waals surface area contributed by atoms with E-state index >= 15 is 0 Å². The van der Waals surface area contributed by atoms with E-state index in [0.29, 0.717) is 12.3 Å². The molecule has 4 rings (SSSR count). The number of rotatable bonds is 4. The van der Waals surface area contributed by atoms with Gasteiger partial charge in [-0.25, -0.2) is 0 Å². The molecule has 156 valence electrons. The summed E-state index contributed by atoms with van der Waals surface area (Å²) in [7, 11) is 2.17. The number of hydrogen-bond acceptors (Lipinski definition) is 6. The highest BCUT2D eigenvalue weighted by molar-refractivity contribution is 5.41. The second kappa shape index (κ2) is 8.38. The fourth-order valence-electron chi connectivity index (χ4n) is 4.56. The van der Waals surface area contributed by atoms with Crippen molar-refractivity contribution in [2.45, 2.75) is 37.8 Å². The Hall–Kier alpha value is -2.02. The molecule has 0 unspecified atom stereocenters. The first-order valence-electron chi connectivity index (χ1n) is 10.8. The first kappa shape index (κ1) is 20.3. The number of piperidine rings is 1. The lowest BCUT2D eigenvalue weighted by Crippen LogP contribution is -2.64. The van der Waals surface area contributed by atoms with Gasteiger partial charge in [-0.05, 0) is 37.1 Å². The van der Waals surface area contributed by atoms with Crippen LogP contribution in [0.4, 0.5) is 5.82 Å². The molecule has 2 saturated heterocycles. The van der Waals surface area contributed by atoms with Crippen LogP contribution >= 0.6 is 0 Å². The third-order valence-corrected chi connectivity index (χ3v) is 6.55. The molecule has 0 saturated carbocycles. The number of aromatic nitrogens is 2. The second-order valence-electron chi connectivity index (χ2n) is 8.81. The van der Waals surface area contributed by atoms with Crippen molar-refractivity contribution in [3.63, 3.8) is 0 Å². The predicted octanol–water partition coefficient (Wildman–Crippen LogP) is 2.31. The van der Waals surface area contributed by atoms with E-state index in [9.17, 15) is 5.11 Å². The van der Waals surface area contributed by atoms with Crippen LogP contribution in [0.3, 0.4) is 0 Å². The molecule has 3 heterocycles. The number of likely N-dealkylation sites (N-methyl/N-ethyl adjacent to an activating group) is 1. The van der Waals surface area contributed by atoms with Crippen molar-refractivity contribution < 1.29 is 5.11 Å². The van der Waals surface area contributed by atoms with Gasteiger partial charge in [-0.3, -0.25) is 4.90 Å². The lowest BCUT2D eigenvalue weighted by atomic mass is 9.79. The fraction of sp³-hybridized carbons (Fsp3) is 0.565. The zero-order valence-electron chi connectivity index (χ0n) is 17.8. The number of piperazine rings is 1. The molecule has 0 bridgehead atoms. The number of benzene rings is 1. The first-order chi connectivity index (χ1) is 14.0. The summed E-state index contributed by atoms with van der Waals surface area (Å²) in [6.45, 7) is 9.80. The van der Waals surface area contributed by atoms with Gasteiger partial charge in [0.05, 0.1) is 11.7 Å². The van der Waals surface area contributed by atoms with Crippen molar-refractivity contribution in [2.75, 3.05) is 51.2 Å². The molecule has 2 atom stereocenters. The number of hydrogen-bond donors (Lipinski definition) is 1. The van der Waals surface area contributed by atoms with Crippen LogP contribution in [0.1, 0.15) is 37.4 Å². The maximum absolute atomic E-state index is 11.9. The van der Waals surface area contributed by atoms with Crippen LogP contribution in [-0.4, -0.2) is 77.5 Å². The lowest BCUT2D eigenvalue weighted by molar-refractivity contribution is -0.0757. The van der Waals surface area contributed by atoms with Crippen molar-refractivity contribution in [2.24, 2.45) is 0 Å². The molecule has 0 aliphatic carbocycles. The van der Waals surface area contributed by atoms with Gasteiger partial charge in [0.2, 0.25) is 0 Å². The van der Waals surface area contributed by atoms with Gasteiger partial charge in [-0.1, -0.05) is 44.2 Å². The second-order valence-corrected chi connectivity index (χ2v) is 8.81. The zero-order chi connectivity index (χ0) is 20.4. The Morgan fingerprint density at radius 2 is 1.69 bits per heavy atom. The van der Waals surface area contributed by atoms with Crippen LogP contribution in [0.15, 0.2) is 42.5 Å². The van der Waals surface area contributed by atoms with Gasteiger partial charge in [0.25, 0.3) is 0 Å². The zero-order valence-corrected chi connectivity index (χ0v) is 17.8. The van der Waals surface area contributed by atoms with Crippen molar-refractivity contribution in [3.8, 4) is 0 Å². The van der Waals surface area contributed by atoms with Gasteiger partial charge in [0, 0.05) is 39.3 Å². The Morgan fingerprint density at radius 1 is 0.966 bits per heavy atom. The molecule has 1 aromatic heterocycles. The summed E-state index contributed by atoms with van der Waals surface area (Å²) in [5.74, 6) is 1.28. The summed E-state index contributed by atoms with van der Waals surface area (Å²) in [5, 5.41) is 20.8. The molecule has 0 amide bonds. The van der Waals surface area contributed by atoms with Crippen molar-refractivity contribution in [1.82, 2.24) is 20.0 Å². The smallest absolute Gasteiger partial charge is 0.151 e. The monoisotopic (exact) mass is 395 g/mol. The summed E-state index contributed by atoms with van der Waals surface area (Å²) < 4.78 is 0. The Labute approximate surface area is 174 Å². The average Bonchev–Trinajstić information content (AvgIpc) is 2.75. The normalized spacial score (nSPS) is 26.8. The van der Waals surface area contributed by atoms with Crippen molar-refractivity contribution >= 4 is 5.82 Å². The number of nitrogens with zero attached hydrogens (tertiary/aromatic N) is 5. The van der Waals surface area contributed by atoms with Gasteiger partial charge in [-0.15, -0.1) is 5.10 Å². The number of aliphatic hydroxyl groups is 1. The molecule has 0 spiro atoms. The minimum Gasteiger partial charge on any atom is -0.383 e. The molecule has 2 aliphatic rings. The molecule has 2 aromatic rings. The Kier molecular flexibility index (Phi) is 5.86. The first-order valence-corrected chi connectivity index (χ1v) is 10.8. The van der Waals surface area contributed by atoms with E-state index in [2.05, 4.69) is 70.1 Å². The molecule has 6 nitrogen and oxygen atoms in total. The van der Waals surface area contributed by atoms with Gasteiger partial charge in [0.15, 0.2) is 5.82 Å². The molecule has 29 heavy (non-hydrogen) atoms. The van der Waals surface area contributed by atoms with E-state index in [-0.39, 0.29) is 6.04 Å². The third kappa shape index (κ3) is 4.15. The predicted molar refractivity (Wildman–Crippen MR) is 116 cm³/mol. The van der Waals surface area contributed by atoms with Crippen molar-refractivity contribution in [3.05, 3.63) is 53.7 Å². The summed E-state index contributed by atoms with van der Waals surface area (Å²) in [4.78, 5) is 7.11. The van der Waals surface area contributed by atoms with Gasteiger partial charge in [0.1, 0.15) is 5.60 Å². The largest absolute Gasteiger partial charge is 0.383 e. The van der Waals surface area contributed by atoms with Crippen LogP contribution in [-0.2, 0) is 5.60 Å². The molecule has 1 N–H and O–H groups in total. The Bertz CT molecular complexity index is 789. The quantitative estimate of drug-likeness (QED) is 0.857. The Balaban J connectivity index is 1.61. The molecular weight excluding hydrogens is 362 g/mol. The van der Waals surface area contributed by atoms with E-state index in [4.69, 9.17) is 0 Å². The topological polar surface area (TPSA) is 55.7 Å². The van der Waals surface area contributed by atoms with Crippen LogP contribution in [0, 0.1) is 0 Å². The van der Waals surface area contributed by atoms with Crippen LogP contribution in [0.5, 0.6) is 0 Å². The Morgan fingerprint density at radius 3 is 2.31 bits per heavy atom. The highest BCUT2D eigenvalue weighted by Gasteiger charge is 2.46. The lowest BCUT2D eigenvalue weighted by Gasteiger charge is -2.51. The third-order valence-electron chi connectivity index (χ3n) is 6.55. The van der Waals surface area contributed by atoms with Crippen LogP contribution in [0.25, 0.3) is 0 Å². The molecule has 2 fully saturated rings. The molecule has 0 radical (unpaired) electrons. The minimum absolute atomic E-state index is 0.0268. The molecule has 6 heteroatoms. The van der Waals surface area contributed by atoms with E-state index in [1.165, 1.54) is 0 Å². The van der Waals surface area contributed by atoms with Gasteiger partial charge >= 0.3 is 0 Å². The average molecular weight is 396 g/mol. The van der Waals surface area contributed by atoms with Crippen LogP contribution < -0.4 is 4.90 Å². The van der Waals surface area contributed by atoms with Gasteiger partial charge < -0.3 is 14.9 Å². The van der Waals surface area contributed by atoms with Crippen molar-refractivity contribution in [1.29, 1.82) is 0 Å². The highest BCUT2D eigenvalue weighted by atomic mass is 16.3. The van der Waals surface area contributed by atoms with E-state index in [0.717, 1.165) is 56.3 Å². The maximum atomic E-state index is 11.9. The fourth-order valence-corrected chi connectivity index (χ4v) is 4.56. The number of anilines is 1. The van der Waals surface area contributed by atoms with E-state index < -0.39 is 5.60 Å². The van der Waals surface area contributed by atoms with E-state index in [1.54, 1.807) is 0 Å². The SMILES string of the molecule is CC(C)c1ccc(N2CC[C@](O)(c3ccccc3)[C@H](N3CCN(C)CC3)C2)nn1. The molecule has 2 aliphatic heterocycles. The standard InChI is InChI=1S/C23H33N5O/c1-18(2)20-9-10-22(25-24-20)28-12-11-23(29,19-7-5-4-6-8-19)21(17-28)27-15-13-26(3)14-16-27/h4-10,18,21,29H,11-17H2,1-3H3/t21-,23+/m1/s1. The summed E-state index contributed by atoms with van der Waals surface area (Å²) in [6, 6.07) is 14.4. The molecular formula is C23H33N5O. The van der Waals surface area contributed by atoms with E-state index in [1.807, 2.05) is 18.2 Å². The summed E-state index contributed by atoms with van der Waals surface area (Å²) >= 11 is 0. The van der Waals surface area contributed by atoms with Gasteiger partial charge in [-0.2, -0.15) is 5.10 Å². The summed E-state index contributed by atoms with van der Waals surface area (Å²) in [5.41, 5.74) is 1.19. The summed E-state index contributed by atoms with van der Waals surface area (Å²) in [6.07, 6.45) is 0.682. The molecule has 1 aromatic carbocycles. The highest BCUT2D eigenvalue weighted by Crippen LogP contribution is 2.37. The van der Waals surface area contributed by atoms with Crippen LogP contribution in [0.2, 0.25) is 0 Å². The minimum atomic E-state index is -0.848. The maximum Gasteiger partial charge on any atom is 0.151 e.